The van der Waals surface area contributed by atoms with Crippen LogP contribution in [0, 0.1) is 59.2 Å². The van der Waals surface area contributed by atoms with Crippen LogP contribution in [0.2, 0.25) is 10.0 Å². The van der Waals surface area contributed by atoms with Gasteiger partial charge in [0.25, 0.3) is 11.8 Å². The number of halogens is 2. The van der Waals surface area contributed by atoms with Crippen LogP contribution >= 0.6 is 23.2 Å². The number of aryl methyl sites for hydroxylation is 2. The number of likely N-dealkylation sites (tertiary alicyclic amines) is 2. The second kappa shape index (κ2) is 31.2. The number of carbonyl (C=O) groups is 2. The minimum atomic E-state index is -3.94. The number of nitrogens with one attached hydrogen (secondary N) is 2. The van der Waals surface area contributed by atoms with E-state index in [4.69, 9.17) is 42.1 Å². The van der Waals surface area contributed by atoms with Gasteiger partial charge in [0.2, 0.25) is 20.0 Å². The van der Waals surface area contributed by atoms with Gasteiger partial charge in [-0.1, -0.05) is 112 Å². The molecule has 4 bridgehead atoms. The van der Waals surface area contributed by atoms with Crippen molar-refractivity contribution < 1.29 is 45.4 Å². The Bertz CT molecular complexity index is 3930. The molecule has 6 heterocycles. The Hall–Kier alpha value is -5.18. The largest absolute Gasteiger partial charge is 0.490 e. The van der Waals surface area contributed by atoms with Crippen molar-refractivity contribution in [3.8, 4) is 11.5 Å². The van der Waals surface area contributed by atoms with Crippen molar-refractivity contribution in [3.05, 3.63) is 141 Å². The maximum atomic E-state index is 13.7. The Balaban J connectivity index is 0.000000170. The summed E-state index contributed by atoms with van der Waals surface area (Å²) in [6, 6.07) is 23.5. The number of hydrogen-bond donors (Lipinski definition) is 2. The summed E-state index contributed by atoms with van der Waals surface area (Å²) in [6.07, 6.45) is 33.9. The number of anilines is 2. The standard InChI is InChI=1S/2C43H58ClN3O5S/c2*1-29-8-6-20-43(51-3,27-46-21-18-31-9-4-5-10-34(31)24-46)38-15-12-35(38)25-47-26-42(19-7-11-32-22-36(44)14-16-37(32)42)28-52-40-17-13-33(23-39(40)47)41(48)45-53(49,50)30(29)2/h2*6,13-14,16-17,20,22-23,29-31,34-35,38H,4-5,7-12,15,18-19,21,24-28H2,1-3H3,(H,45,48)/b2*20-6+/t29-,30+,31+,34+,35-,38+,42-,43-;29-,30+,31-,34-,35-,38+,42-,43-/m00/s1. The molecule has 576 valence electrons. The zero-order valence-corrected chi connectivity index (χ0v) is 66.8. The van der Waals surface area contributed by atoms with Gasteiger partial charge in [0, 0.05) is 98.6 Å². The number of nitrogens with zero attached hydrogens (tertiary/aromatic N) is 4. The predicted molar refractivity (Wildman–Crippen MR) is 423 cm³/mol. The topological polar surface area (TPSA) is 176 Å². The maximum absolute atomic E-state index is 13.7. The van der Waals surface area contributed by atoms with E-state index in [1.54, 1.807) is 26.0 Å². The van der Waals surface area contributed by atoms with Crippen LogP contribution in [0.15, 0.2) is 97.1 Å². The van der Waals surface area contributed by atoms with E-state index in [9.17, 15) is 26.4 Å². The van der Waals surface area contributed by atoms with E-state index in [1.165, 1.54) is 86.5 Å². The Kier molecular flexibility index (Phi) is 22.4. The molecule has 106 heavy (non-hydrogen) atoms. The van der Waals surface area contributed by atoms with Crippen LogP contribution in [0.4, 0.5) is 11.4 Å². The van der Waals surface area contributed by atoms with Crippen LogP contribution in [-0.4, -0.2) is 153 Å². The molecular weight excluding hydrogens is 1410 g/mol. The number of amides is 2. The van der Waals surface area contributed by atoms with E-state index >= 15 is 0 Å². The number of piperidine rings is 2. The third-order valence-corrected chi connectivity index (χ3v) is 33.2. The van der Waals surface area contributed by atoms with E-state index in [0.717, 1.165) is 186 Å². The summed E-state index contributed by atoms with van der Waals surface area (Å²) in [4.78, 5) is 37.6. The molecule has 0 radical (unpaired) electrons. The van der Waals surface area contributed by atoms with Gasteiger partial charge in [-0.05, 0) is 272 Å². The summed E-state index contributed by atoms with van der Waals surface area (Å²) in [7, 11) is -4.11. The van der Waals surface area contributed by atoms with Gasteiger partial charge in [0.05, 0.1) is 35.1 Å². The lowest BCUT2D eigenvalue weighted by Crippen LogP contribution is -2.58. The molecule has 12 aliphatic rings. The fraction of sp³-hybridized carbons (Fsp3) is 0.651. The average Bonchev–Trinajstić information content (AvgIpc) is 1.30. The average molecular weight is 1530 g/mol. The number of sulfonamides is 2. The normalized spacial score (nSPS) is 36.5. The number of fused-ring (bicyclic) bond motifs is 10. The molecule has 20 heteroatoms. The summed E-state index contributed by atoms with van der Waals surface area (Å²) in [5.74, 6) is 4.43. The highest BCUT2D eigenvalue weighted by atomic mass is 35.5. The highest BCUT2D eigenvalue weighted by molar-refractivity contribution is 7.91. The monoisotopic (exact) mass is 1530 g/mol. The van der Waals surface area contributed by atoms with Gasteiger partial charge in [-0.2, -0.15) is 0 Å². The third kappa shape index (κ3) is 15.3. The van der Waals surface area contributed by atoms with E-state index in [1.807, 2.05) is 64.5 Å². The molecule has 6 aliphatic heterocycles. The van der Waals surface area contributed by atoms with Crippen molar-refractivity contribution >= 4 is 66.4 Å². The van der Waals surface area contributed by atoms with E-state index in [2.05, 4.69) is 77.6 Å². The number of methoxy groups -OCH3 is 2. The first-order valence-corrected chi connectivity index (χ1v) is 44.5. The van der Waals surface area contributed by atoms with Crippen LogP contribution in [-0.2, 0) is 53.2 Å². The van der Waals surface area contributed by atoms with Crippen molar-refractivity contribution in [1.82, 2.24) is 19.2 Å². The number of allylic oxidation sites excluding steroid dienone is 2. The molecule has 6 fully saturated rings. The molecule has 4 aromatic carbocycles. The molecule has 2 amide bonds. The number of benzene rings is 4. The maximum Gasteiger partial charge on any atom is 0.264 e. The molecule has 4 saturated carbocycles. The lowest BCUT2D eigenvalue weighted by Gasteiger charge is -2.53. The number of hydrogen-bond acceptors (Lipinski definition) is 14. The number of carbonyl (C=O) groups excluding carboxylic acids is 2. The highest BCUT2D eigenvalue weighted by Gasteiger charge is 2.53. The minimum Gasteiger partial charge on any atom is -0.490 e. The molecule has 2 spiro atoms. The van der Waals surface area contributed by atoms with Crippen LogP contribution in [0.1, 0.15) is 199 Å². The quantitative estimate of drug-likeness (QED) is 0.174. The summed E-state index contributed by atoms with van der Waals surface area (Å²) in [6.45, 7) is 17.6. The van der Waals surface area contributed by atoms with Crippen molar-refractivity contribution in [3.63, 3.8) is 0 Å². The number of rotatable bonds is 6. The fourth-order valence-corrected chi connectivity index (χ4v) is 24.9. The zero-order chi connectivity index (χ0) is 73.9. The van der Waals surface area contributed by atoms with Crippen molar-refractivity contribution in [1.29, 1.82) is 0 Å². The van der Waals surface area contributed by atoms with Crippen LogP contribution < -0.4 is 28.7 Å². The van der Waals surface area contributed by atoms with Gasteiger partial charge >= 0.3 is 0 Å². The molecule has 0 aromatic heterocycles. The summed E-state index contributed by atoms with van der Waals surface area (Å²) in [5, 5.41) is -0.00914. The highest BCUT2D eigenvalue weighted by Crippen LogP contribution is 2.53. The molecule has 16 rings (SSSR count). The van der Waals surface area contributed by atoms with Gasteiger partial charge < -0.3 is 28.7 Å². The molecular formula is C86H116Cl2N6O10S2. The molecule has 2 N–H and O–H groups in total. The van der Waals surface area contributed by atoms with Crippen molar-refractivity contribution in [2.24, 2.45) is 59.2 Å². The van der Waals surface area contributed by atoms with Crippen molar-refractivity contribution in [2.75, 3.05) is 103 Å². The second-order valence-electron chi connectivity index (χ2n) is 35.0. The Morgan fingerprint density at radius 3 is 1.30 bits per heavy atom. The summed E-state index contributed by atoms with van der Waals surface area (Å²) >= 11 is 13.0. The Morgan fingerprint density at radius 1 is 0.491 bits per heavy atom. The molecule has 16 atom stereocenters. The lowest BCUT2D eigenvalue weighted by atomic mass is 9.63. The molecule has 0 unspecified atom stereocenters. The van der Waals surface area contributed by atoms with Gasteiger partial charge in [0.1, 0.15) is 22.7 Å². The Morgan fingerprint density at radius 2 is 0.906 bits per heavy atom. The molecule has 2 saturated heterocycles. The first-order valence-electron chi connectivity index (χ1n) is 40.6. The first kappa shape index (κ1) is 76.2. The lowest BCUT2D eigenvalue weighted by molar-refractivity contribution is -0.0988. The van der Waals surface area contributed by atoms with Crippen LogP contribution in [0.5, 0.6) is 11.5 Å². The summed E-state index contributed by atoms with van der Waals surface area (Å²) < 4.78 is 86.4. The van der Waals surface area contributed by atoms with Gasteiger partial charge in [0.15, 0.2) is 0 Å². The van der Waals surface area contributed by atoms with Gasteiger partial charge in [-0.3, -0.25) is 19.4 Å². The van der Waals surface area contributed by atoms with E-state index in [-0.39, 0.29) is 22.7 Å². The van der Waals surface area contributed by atoms with E-state index in [0.29, 0.717) is 60.9 Å². The third-order valence-electron chi connectivity index (χ3n) is 28.9. The van der Waals surface area contributed by atoms with Crippen LogP contribution in [0.25, 0.3) is 0 Å². The zero-order valence-electron chi connectivity index (χ0n) is 63.7. The van der Waals surface area contributed by atoms with Gasteiger partial charge in [-0.25, -0.2) is 26.3 Å². The predicted octanol–water partition coefficient (Wildman–Crippen LogP) is 15.6. The first-order chi connectivity index (χ1) is 51.0. The number of ether oxygens (including phenoxy) is 4. The molecule has 4 aromatic rings. The Labute approximate surface area is 642 Å². The SMILES string of the molecule is CO[C@]1(CN2CC[C@@H]3CCCC[C@H]3C2)/C=C/C[C@H](C)[C@@H](C)S(=O)(=O)NC(=O)c2ccc3c(c2)N(C[C@@H]2CC[C@H]21)C[C@@]1(CCCc2cc(Cl)ccc21)CO3.CO[C@]1(CN2CC[C@H]3CCCC[C@@H]3C2)/C=C/C[C@H](C)[C@@H](C)S(=O)(=O)NC(=O)c2ccc3c(c2)N(C[C@@H]2CC[C@H]21)C[C@@]1(CCCc2cc(Cl)ccc21)CO3. The van der Waals surface area contributed by atoms with Crippen LogP contribution in [0.3, 0.4) is 0 Å². The van der Waals surface area contributed by atoms with Crippen molar-refractivity contribution in [2.45, 2.75) is 201 Å². The second-order valence-corrected chi connectivity index (χ2v) is 40.0. The fourth-order valence-electron chi connectivity index (χ4n) is 22.0. The van der Waals surface area contributed by atoms with E-state index < -0.39 is 53.6 Å². The molecule has 16 nitrogen and oxygen atoms in total. The smallest absolute Gasteiger partial charge is 0.264 e. The van der Waals surface area contributed by atoms with Gasteiger partial charge in [-0.15, -0.1) is 0 Å². The summed E-state index contributed by atoms with van der Waals surface area (Å²) in [5.41, 5.74) is 6.03. The molecule has 6 aliphatic carbocycles. The minimum absolute atomic E-state index is 0.199.